The fourth-order valence-corrected chi connectivity index (χ4v) is 3.49. The van der Waals surface area contributed by atoms with E-state index in [9.17, 15) is 24.5 Å². The third kappa shape index (κ3) is 7.46. The zero-order valence-corrected chi connectivity index (χ0v) is 23.8. The van der Waals surface area contributed by atoms with Crippen molar-refractivity contribution in [2.45, 2.75) is 38.9 Å². The molecule has 9 heteroatoms. The predicted molar refractivity (Wildman–Crippen MR) is 128 cm³/mol. The number of carbonyl (C=O) groups is 1. The maximum atomic E-state index is 14.1. The molecule has 0 aliphatic carbocycles. The number of carboxylic acid groups (broad SMARTS) is 1. The van der Waals surface area contributed by atoms with Crippen LogP contribution in [0.5, 0.6) is 11.5 Å². The number of furan rings is 1. The first-order chi connectivity index (χ1) is 15.3. The van der Waals surface area contributed by atoms with Gasteiger partial charge in [-0.25, -0.2) is 9.18 Å². The number of ether oxygens (including phenoxy) is 1. The zero-order valence-electron chi connectivity index (χ0n) is 19.8. The van der Waals surface area contributed by atoms with Crippen molar-refractivity contribution in [2.75, 3.05) is 0 Å². The SMILES string of the molecule is CCC(O)(CC)c1cc(F)cc(OCc2ccc(/C(=C\C(=O)O)c3ccoc3)c(O)c2)c1.[Na].[Na]. The van der Waals surface area contributed by atoms with E-state index in [1.807, 2.05) is 13.8 Å². The largest absolute Gasteiger partial charge is 0.507 e. The van der Waals surface area contributed by atoms with Crippen LogP contribution in [0.3, 0.4) is 0 Å². The van der Waals surface area contributed by atoms with Gasteiger partial charge in [-0.2, -0.15) is 0 Å². The van der Waals surface area contributed by atoms with Crippen molar-refractivity contribution in [3.63, 3.8) is 0 Å². The molecular formula is C25H25FNa2O6. The molecule has 0 amide bonds. The molecule has 0 unspecified atom stereocenters. The fourth-order valence-electron chi connectivity index (χ4n) is 3.49. The molecule has 2 aromatic carbocycles. The van der Waals surface area contributed by atoms with E-state index in [0.717, 1.165) is 6.08 Å². The van der Waals surface area contributed by atoms with E-state index in [1.165, 1.54) is 30.7 Å². The molecule has 170 valence electrons. The summed E-state index contributed by atoms with van der Waals surface area (Å²) < 4.78 is 24.8. The minimum absolute atomic E-state index is 0. The Hall–Kier alpha value is -1.58. The van der Waals surface area contributed by atoms with E-state index >= 15 is 0 Å². The monoisotopic (exact) mass is 486 g/mol. The third-order valence-electron chi connectivity index (χ3n) is 5.44. The Kier molecular flexibility index (Phi) is 12.1. The second kappa shape index (κ2) is 13.5. The van der Waals surface area contributed by atoms with Gasteiger partial charge in [0.05, 0.1) is 18.1 Å². The van der Waals surface area contributed by atoms with Crippen LogP contribution in [0.15, 0.2) is 65.5 Å². The van der Waals surface area contributed by atoms with Crippen LogP contribution < -0.4 is 4.74 Å². The number of aromatic hydroxyl groups is 1. The summed E-state index contributed by atoms with van der Waals surface area (Å²) in [5, 5.41) is 30.4. The number of benzene rings is 2. The van der Waals surface area contributed by atoms with Crippen molar-refractivity contribution in [3.8, 4) is 11.5 Å². The second-order valence-corrected chi connectivity index (χ2v) is 7.46. The van der Waals surface area contributed by atoms with Crippen molar-refractivity contribution in [1.29, 1.82) is 0 Å². The van der Waals surface area contributed by atoms with Crippen LogP contribution in [-0.2, 0) is 17.0 Å². The first-order valence-corrected chi connectivity index (χ1v) is 10.2. The first-order valence-electron chi connectivity index (χ1n) is 10.2. The van der Waals surface area contributed by atoms with Gasteiger partial charge in [0, 0.05) is 88.0 Å². The summed E-state index contributed by atoms with van der Waals surface area (Å²) in [6.07, 6.45) is 4.67. The Morgan fingerprint density at radius 3 is 2.38 bits per heavy atom. The molecule has 1 heterocycles. The van der Waals surface area contributed by atoms with Gasteiger partial charge in [-0.1, -0.05) is 26.0 Å². The number of aliphatic carboxylic acids is 1. The van der Waals surface area contributed by atoms with Gasteiger partial charge in [-0.15, -0.1) is 0 Å². The van der Waals surface area contributed by atoms with Crippen molar-refractivity contribution >= 4 is 70.7 Å². The number of hydrogen-bond acceptors (Lipinski definition) is 5. The molecule has 3 N–H and O–H groups in total. The standard InChI is InChI=1S/C25H25FO6.2Na/c1-3-25(30,4-2)18-10-19(26)12-20(11-18)32-14-16-5-6-21(23(27)9-16)22(13-24(28)29)17-7-8-31-15-17;;/h5-13,15,27,30H,3-4,14H2,1-2H3,(H,28,29);;/b22-13-;;. The zero-order chi connectivity index (χ0) is 23.3. The minimum Gasteiger partial charge on any atom is -0.507 e. The average molecular weight is 486 g/mol. The topological polar surface area (TPSA) is 100 Å². The van der Waals surface area contributed by atoms with E-state index < -0.39 is 17.4 Å². The molecule has 6 nitrogen and oxygen atoms in total. The molecule has 3 rings (SSSR count). The van der Waals surface area contributed by atoms with E-state index in [1.54, 1.807) is 24.3 Å². The summed E-state index contributed by atoms with van der Waals surface area (Å²) in [6.45, 7) is 3.70. The van der Waals surface area contributed by atoms with Crippen LogP contribution in [0.2, 0.25) is 0 Å². The molecule has 0 aliphatic heterocycles. The van der Waals surface area contributed by atoms with Crippen LogP contribution in [0.25, 0.3) is 5.57 Å². The summed E-state index contributed by atoms with van der Waals surface area (Å²) >= 11 is 0. The minimum atomic E-state index is -1.16. The van der Waals surface area contributed by atoms with Gasteiger partial charge in [0.1, 0.15) is 23.9 Å². The van der Waals surface area contributed by atoms with Gasteiger partial charge in [-0.3, -0.25) is 0 Å². The van der Waals surface area contributed by atoms with Gasteiger partial charge < -0.3 is 24.5 Å². The smallest absolute Gasteiger partial charge is 0.328 e. The van der Waals surface area contributed by atoms with Crippen LogP contribution in [0.1, 0.15) is 48.9 Å². The number of halogens is 1. The molecule has 3 aromatic rings. The summed E-state index contributed by atoms with van der Waals surface area (Å²) in [5.74, 6) is -1.55. The van der Waals surface area contributed by atoms with Gasteiger partial charge in [0.25, 0.3) is 0 Å². The van der Waals surface area contributed by atoms with E-state index in [0.29, 0.717) is 40.7 Å². The Bertz CT molecular complexity index is 1120. The van der Waals surface area contributed by atoms with Gasteiger partial charge in [0.2, 0.25) is 0 Å². The Balaban J connectivity index is 0.00000289. The molecule has 2 radical (unpaired) electrons. The number of carboxylic acids is 1. The summed E-state index contributed by atoms with van der Waals surface area (Å²) in [4.78, 5) is 11.2. The number of aliphatic hydroxyl groups is 1. The van der Waals surface area contributed by atoms with Crippen LogP contribution in [-0.4, -0.2) is 80.4 Å². The molecule has 0 spiro atoms. The number of rotatable bonds is 9. The van der Waals surface area contributed by atoms with Gasteiger partial charge >= 0.3 is 5.97 Å². The van der Waals surface area contributed by atoms with E-state index in [-0.39, 0.29) is 77.2 Å². The molecule has 0 saturated heterocycles. The summed E-state index contributed by atoms with van der Waals surface area (Å²) in [5.41, 5.74) is 1.03. The maximum absolute atomic E-state index is 14.1. The second-order valence-electron chi connectivity index (χ2n) is 7.46. The molecule has 34 heavy (non-hydrogen) atoms. The normalized spacial score (nSPS) is 11.4. The average Bonchev–Trinajstić information content (AvgIpc) is 3.30. The molecule has 0 bridgehead atoms. The predicted octanol–water partition coefficient (Wildman–Crippen LogP) is 4.47. The number of hydrogen-bond donors (Lipinski definition) is 3. The molecule has 0 fully saturated rings. The summed E-state index contributed by atoms with van der Waals surface area (Å²) in [6, 6.07) is 10.5. The molecule has 1 aromatic heterocycles. The van der Waals surface area contributed by atoms with E-state index in [2.05, 4.69) is 0 Å². The van der Waals surface area contributed by atoms with Crippen LogP contribution in [0, 0.1) is 5.82 Å². The van der Waals surface area contributed by atoms with Crippen molar-refractivity contribution < 1.29 is 33.7 Å². The Labute approximate surface area is 242 Å². The van der Waals surface area contributed by atoms with Crippen LogP contribution >= 0.6 is 0 Å². The molecular weight excluding hydrogens is 461 g/mol. The number of phenols is 1. The maximum Gasteiger partial charge on any atom is 0.328 e. The van der Waals surface area contributed by atoms with Gasteiger partial charge in [0.15, 0.2) is 0 Å². The Morgan fingerprint density at radius 2 is 1.82 bits per heavy atom. The van der Waals surface area contributed by atoms with Crippen molar-refractivity contribution in [3.05, 3.63) is 89.1 Å². The fraction of sp³-hybridized carbons (Fsp3) is 0.240. The molecule has 0 atom stereocenters. The molecule has 0 saturated carbocycles. The van der Waals surface area contributed by atoms with Gasteiger partial charge in [-0.05, 0) is 48.2 Å². The van der Waals surface area contributed by atoms with Crippen molar-refractivity contribution in [1.82, 2.24) is 0 Å². The van der Waals surface area contributed by atoms with Crippen LogP contribution in [0.4, 0.5) is 4.39 Å². The third-order valence-corrected chi connectivity index (χ3v) is 5.44. The number of phenolic OH excluding ortho intramolecular Hbond substituents is 1. The first kappa shape index (κ1) is 30.5. The quantitative estimate of drug-likeness (QED) is 0.305. The summed E-state index contributed by atoms with van der Waals surface area (Å²) in [7, 11) is 0. The van der Waals surface area contributed by atoms with E-state index in [4.69, 9.17) is 9.15 Å². The Morgan fingerprint density at radius 1 is 1.12 bits per heavy atom. The molecule has 0 aliphatic rings. The van der Waals surface area contributed by atoms with Crippen molar-refractivity contribution in [2.24, 2.45) is 0 Å².